The summed E-state index contributed by atoms with van der Waals surface area (Å²) in [4.78, 5) is 13.3. The molecule has 1 aromatic carbocycles. The third kappa shape index (κ3) is 3.07. The van der Waals surface area contributed by atoms with Gasteiger partial charge in [-0.1, -0.05) is 31.9 Å². The van der Waals surface area contributed by atoms with E-state index < -0.39 is 0 Å². The van der Waals surface area contributed by atoms with Gasteiger partial charge in [0.05, 0.1) is 12.3 Å². The van der Waals surface area contributed by atoms with Gasteiger partial charge in [0.15, 0.2) is 0 Å². The molecule has 0 aliphatic carbocycles. The Hall–Kier alpha value is -0.850. The lowest BCUT2D eigenvalue weighted by Crippen LogP contribution is -2.05. The highest BCUT2D eigenvalue weighted by molar-refractivity contribution is 9.11. The van der Waals surface area contributed by atoms with Crippen LogP contribution in [0, 0.1) is 6.92 Å². The lowest BCUT2D eigenvalue weighted by Gasteiger charge is -2.02. The van der Waals surface area contributed by atoms with Crippen molar-refractivity contribution in [1.82, 2.24) is 0 Å². The molecule has 0 aliphatic rings. The van der Waals surface area contributed by atoms with E-state index >= 15 is 0 Å². The highest BCUT2D eigenvalue weighted by Crippen LogP contribution is 2.40. The van der Waals surface area contributed by atoms with Crippen LogP contribution in [0.25, 0.3) is 10.4 Å². The van der Waals surface area contributed by atoms with Gasteiger partial charge in [-0.15, -0.1) is 11.3 Å². The molecule has 3 nitrogen and oxygen atoms in total. The van der Waals surface area contributed by atoms with Crippen LogP contribution in [0.2, 0.25) is 0 Å². The fourth-order valence-corrected chi connectivity index (χ4v) is 4.24. The van der Waals surface area contributed by atoms with Crippen molar-refractivity contribution in [3.05, 3.63) is 37.6 Å². The topological polar surface area (TPSA) is 52.3 Å². The monoisotopic (exact) mass is 417 g/mol. The van der Waals surface area contributed by atoms with Gasteiger partial charge in [-0.2, -0.15) is 0 Å². The number of thiophene rings is 1. The van der Waals surface area contributed by atoms with Crippen LogP contribution < -0.4 is 5.73 Å². The molecule has 2 N–H and O–H groups in total. The summed E-state index contributed by atoms with van der Waals surface area (Å²) in [5.74, 6) is -0.363. The third-order valence-electron chi connectivity index (χ3n) is 2.78. The van der Waals surface area contributed by atoms with Gasteiger partial charge in [0.2, 0.25) is 0 Å². The van der Waals surface area contributed by atoms with Crippen LogP contribution in [-0.2, 0) is 4.74 Å². The summed E-state index contributed by atoms with van der Waals surface area (Å²) < 4.78 is 6.96. The van der Waals surface area contributed by atoms with Gasteiger partial charge in [-0.25, -0.2) is 4.79 Å². The minimum absolute atomic E-state index is 0.340. The lowest BCUT2D eigenvalue weighted by atomic mass is 10.1. The molecule has 0 amide bonds. The molecule has 0 spiro atoms. The van der Waals surface area contributed by atoms with Gasteiger partial charge in [0, 0.05) is 13.8 Å². The van der Waals surface area contributed by atoms with Gasteiger partial charge in [0.25, 0.3) is 0 Å². The number of nitrogens with two attached hydrogens (primary N) is 1. The first-order chi connectivity index (χ1) is 9.43. The number of anilines is 1. The molecule has 20 heavy (non-hydrogen) atoms. The van der Waals surface area contributed by atoms with E-state index in [0.717, 1.165) is 24.9 Å². The van der Waals surface area contributed by atoms with Crippen molar-refractivity contribution in [1.29, 1.82) is 0 Å². The fraction of sp³-hybridized carbons (Fsp3) is 0.214. The molecule has 0 aliphatic heterocycles. The summed E-state index contributed by atoms with van der Waals surface area (Å²) in [5, 5.41) is 0. The Bertz CT molecular complexity index is 647. The average Bonchev–Trinajstić information content (AvgIpc) is 2.66. The number of carbonyl (C=O) groups excluding carboxylic acids is 1. The quantitative estimate of drug-likeness (QED) is 0.713. The van der Waals surface area contributed by atoms with Gasteiger partial charge < -0.3 is 10.5 Å². The van der Waals surface area contributed by atoms with Gasteiger partial charge in [0.1, 0.15) is 4.88 Å². The number of benzene rings is 1. The van der Waals surface area contributed by atoms with E-state index in [2.05, 4.69) is 31.9 Å². The number of hydrogen-bond donors (Lipinski definition) is 1. The molecule has 0 fully saturated rings. The molecule has 0 unspecified atom stereocenters. The third-order valence-corrected chi connectivity index (χ3v) is 5.03. The van der Waals surface area contributed by atoms with Crippen molar-refractivity contribution in [2.24, 2.45) is 0 Å². The Balaban J connectivity index is 2.53. The molecular weight excluding hydrogens is 406 g/mol. The number of hydrogen-bond acceptors (Lipinski definition) is 4. The predicted octanol–water partition coefficient (Wildman–Crippen LogP) is 5.01. The second kappa shape index (κ2) is 6.28. The largest absolute Gasteiger partial charge is 0.462 e. The highest BCUT2D eigenvalue weighted by Gasteiger charge is 2.20. The molecule has 1 heterocycles. The SMILES string of the molecule is CCOC(=O)c1sc(-c2cc(Br)cc(Br)c2)c(C)c1N. The van der Waals surface area contributed by atoms with Crippen molar-refractivity contribution in [2.75, 3.05) is 12.3 Å². The van der Waals surface area contributed by atoms with Crippen molar-refractivity contribution < 1.29 is 9.53 Å². The van der Waals surface area contributed by atoms with Crippen LogP contribution in [0.3, 0.4) is 0 Å². The molecule has 0 saturated heterocycles. The molecule has 0 atom stereocenters. The Morgan fingerprint density at radius 1 is 1.30 bits per heavy atom. The molecule has 2 aromatic rings. The highest BCUT2D eigenvalue weighted by atomic mass is 79.9. The maximum atomic E-state index is 11.9. The molecule has 0 saturated carbocycles. The van der Waals surface area contributed by atoms with Crippen LogP contribution in [-0.4, -0.2) is 12.6 Å². The number of carbonyl (C=O) groups is 1. The maximum Gasteiger partial charge on any atom is 0.350 e. The van der Waals surface area contributed by atoms with E-state index in [0.29, 0.717) is 17.2 Å². The van der Waals surface area contributed by atoms with E-state index in [1.54, 1.807) is 6.92 Å². The standard InChI is InChI=1S/C14H13Br2NO2S/c1-3-19-14(18)13-11(17)7(2)12(20-13)8-4-9(15)6-10(16)5-8/h4-6H,3,17H2,1-2H3. The fourth-order valence-electron chi connectivity index (χ4n) is 1.83. The van der Waals surface area contributed by atoms with Crippen molar-refractivity contribution >= 4 is 54.9 Å². The van der Waals surface area contributed by atoms with Gasteiger partial charge >= 0.3 is 5.97 Å². The summed E-state index contributed by atoms with van der Waals surface area (Å²) >= 11 is 8.29. The zero-order chi connectivity index (χ0) is 14.9. The van der Waals surface area contributed by atoms with Crippen LogP contribution in [0.5, 0.6) is 0 Å². The summed E-state index contributed by atoms with van der Waals surface area (Å²) in [6.07, 6.45) is 0. The van der Waals surface area contributed by atoms with E-state index in [9.17, 15) is 4.79 Å². The molecule has 1 aromatic heterocycles. The van der Waals surface area contributed by atoms with E-state index in [-0.39, 0.29) is 5.97 Å². The smallest absolute Gasteiger partial charge is 0.350 e. The van der Waals surface area contributed by atoms with Crippen LogP contribution in [0.15, 0.2) is 27.1 Å². The van der Waals surface area contributed by atoms with E-state index in [1.807, 2.05) is 25.1 Å². The number of esters is 1. The molecule has 106 valence electrons. The van der Waals surface area contributed by atoms with Crippen LogP contribution in [0.1, 0.15) is 22.2 Å². The Morgan fingerprint density at radius 2 is 1.90 bits per heavy atom. The zero-order valence-electron chi connectivity index (χ0n) is 11.0. The normalized spacial score (nSPS) is 10.6. The molecule has 6 heteroatoms. The predicted molar refractivity (Wildman–Crippen MR) is 90.3 cm³/mol. The first-order valence-corrected chi connectivity index (χ1v) is 8.36. The maximum absolute atomic E-state index is 11.9. The van der Waals surface area contributed by atoms with E-state index in [4.69, 9.17) is 10.5 Å². The molecule has 2 rings (SSSR count). The first kappa shape index (κ1) is 15.5. The number of nitrogen functional groups attached to an aromatic ring is 1. The molecule has 0 radical (unpaired) electrons. The van der Waals surface area contributed by atoms with Crippen LogP contribution in [0.4, 0.5) is 5.69 Å². The number of ether oxygens (including phenoxy) is 1. The Morgan fingerprint density at radius 3 is 2.45 bits per heavy atom. The zero-order valence-corrected chi connectivity index (χ0v) is 15.0. The second-order valence-electron chi connectivity index (χ2n) is 4.18. The summed E-state index contributed by atoms with van der Waals surface area (Å²) in [7, 11) is 0. The summed E-state index contributed by atoms with van der Waals surface area (Å²) in [6.45, 7) is 4.03. The average molecular weight is 419 g/mol. The Kier molecular flexibility index (Phi) is 4.88. The van der Waals surface area contributed by atoms with Gasteiger partial charge in [-0.3, -0.25) is 0 Å². The lowest BCUT2D eigenvalue weighted by molar-refractivity contribution is 0.0533. The molecule has 0 bridgehead atoms. The molecular formula is C14H13Br2NO2S. The van der Waals surface area contributed by atoms with E-state index in [1.165, 1.54) is 11.3 Å². The number of halogens is 2. The van der Waals surface area contributed by atoms with Gasteiger partial charge in [-0.05, 0) is 43.2 Å². The minimum atomic E-state index is -0.363. The number of rotatable bonds is 3. The first-order valence-electron chi connectivity index (χ1n) is 5.96. The van der Waals surface area contributed by atoms with Crippen LogP contribution >= 0.6 is 43.2 Å². The van der Waals surface area contributed by atoms with Crippen molar-refractivity contribution in [3.63, 3.8) is 0 Å². The Labute approximate surface area is 138 Å². The second-order valence-corrected chi connectivity index (χ2v) is 7.03. The van der Waals surface area contributed by atoms with Crippen molar-refractivity contribution in [3.8, 4) is 10.4 Å². The summed E-state index contributed by atoms with van der Waals surface area (Å²) in [5.41, 5.74) is 8.45. The minimum Gasteiger partial charge on any atom is -0.462 e. The summed E-state index contributed by atoms with van der Waals surface area (Å²) in [6, 6.07) is 5.96. The van der Waals surface area contributed by atoms with Crippen molar-refractivity contribution in [2.45, 2.75) is 13.8 Å².